The number of carbonyl (C=O) groups is 2. The van der Waals surface area contributed by atoms with Gasteiger partial charge in [0.25, 0.3) is 5.91 Å². The number of ether oxygens (including phenoxy) is 1. The number of amides is 2. The van der Waals surface area contributed by atoms with E-state index in [1.54, 1.807) is 0 Å². The van der Waals surface area contributed by atoms with E-state index in [-0.39, 0.29) is 40.4 Å². The van der Waals surface area contributed by atoms with Gasteiger partial charge in [-0.3, -0.25) is 4.79 Å². The topological polar surface area (TPSA) is 90.3 Å². The molecular formula is C14H15BrClFN2O5. The minimum Gasteiger partial charge on any atom is -0.495 e. The standard InChI is InChI=1S/C14H15BrClFN2O5/c1-24-9-4-8(12(17)11(16)10(9)15)13(21)19-3-2-18(14(22)23)5-7(19)6-20/h4,7,20H,2-3,5-6H2,1H3,(H,22,23). The molecule has 2 amide bonds. The number of piperazine rings is 1. The largest absolute Gasteiger partial charge is 0.495 e. The van der Waals surface area contributed by atoms with Crippen LogP contribution in [0.3, 0.4) is 0 Å². The van der Waals surface area contributed by atoms with Crippen LogP contribution >= 0.6 is 27.5 Å². The summed E-state index contributed by atoms with van der Waals surface area (Å²) in [6, 6.07) is 0.446. The Morgan fingerprint density at radius 2 is 2.17 bits per heavy atom. The number of methoxy groups -OCH3 is 1. The molecule has 0 saturated carbocycles. The fourth-order valence-corrected chi connectivity index (χ4v) is 3.14. The van der Waals surface area contributed by atoms with Crippen LogP contribution in [0.5, 0.6) is 5.75 Å². The van der Waals surface area contributed by atoms with Crippen LogP contribution in [-0.4, -0.2) is 71.4 Å². The van der Waals surface area contributed by atoms with E-state index in [9.17, 15) is 19.1 Å². The first kappa shape index (κ1) is 18.8. The number of aliphatic hydroxyl groups is 1. The molecule has 1 atom stereocenters. The van der Waals surface area contributed by atoms with Gasteiger partial charge in [0.05, 0.1) is 34.8 Å². The number of hydrogen-bond donors (Lipinski definition) is 2. The van der Waals surface area contributed by atoms with Gasteiger partial charge >= 0.3 is 6.09 Å². The lowest BCUT2D eigenvalue weighted by atomic mass is 10.1. The summed E-state index contributed by atoms with van der Waals surface area (Å²) in [5.41, 5.74) is -0.303. The molecule has 1 aromatic carbocycles. The molecule has 0 aromatic heterocycles. The lowest BCUT2D eigenvalue weighted by molar-refractivity contribution is 0.0306. The number of benzene rings is 1. The average molecular weight is 426 g/mol. The Kier molecular flexibility index (Phi) is 5.89. The third kappa shape index (κ3) is 3.42. The molecule has 1 aliphatic rings. The van der Waals surface area contributed by atoms with E-state index in [2.05, 4.69) is 15.9 Å². The van der Waals surface area contributed by atoms with Crippen molar-refractivity contribution in [1.29, 1.82) is 0 Å². The maximum Gasteiger partial charge on any atom is 0.407 e. The van der Waals surface area contributed by atoms with Crippen LogP contribution in [0.25, 0.3) is 0 Å². The van der Waals surface area contributed by atoms with E-state index in [1.165, 1.54) is 18.1 Å². The van der Waals surface area contributed by atoms with E-state index in [0.29, 0.717) is 0 Å². The van der Waals surface area contributed by atoms with Crippen molar-refractivity contribution in [2.45, 2.75) is 6.04 Å². The Morgan fingerprint density at radius 3 is 2.71 bits per heavy atom. The monoisotopic (exact) mass is 424 g/mol. The van der Waals surface area contributed by atoms with Crippen molar-refractivity contribution in [2.75, 3.05) is 33.4 Å². The molecule has 0 bridgehead atoms. The molecule has 1 aromatic rings. The Morgan fingerprint density at radius 1 is 1.50 bits per heavy atom. The van der Waals surface area contributed by atoms with E-state index in [1.807, 2.05) is 0 Å². The van der Waals surface area contributed by atoms with Gasteiger partial charge in [-0.1, -0.05) is 11.6 Å². The number of aliphatic hydroxyl groups excluding tert-OH is 1. The Hall–Kier alpha value is -1.58. The van der Waals surface area contributed by atoms with Gasteiger partial charge < -0.3 is 24.7 Å². The van der Waals surface area contributed by atoms with Gasteiger partial charge in [-0.2, -0.15) is 0 Å². The summed E-state index contributed by atoms with van der Waals surface area (Å²) in [6.45, 7) is -0.397. The lowest BCUT2D eigenvalue weighted by Gasteiger charge is -2.39. The molecule has 0 spiro atoms. The average Bonchev–Trinajstić information content (AvgIpc) is 2.58. The molecule has 1 aliphatic heterocycles. The highest BCUT2D eigenvalue weighted by molar-refractivity contribution is 9.10. The Balaban J connectivity index is 2.35. The van der Waals surface area contributed by atoms with Gasteiger partial charge in [-0.15, -0.1) is 0 Å². The summed E-state index contributed by atoms with van der Waals surface area (Å²) in [5, 5.41) is 18.2. The van der Waals surface area contributed by atoms with Crippen LogP contribution in [0, 0.1) is 5.82 Å². The molecule has 1 saturated heterocycles. The normalized spacial score (nSPS) is 17.8. The lowest BCUT2D eigenvalue weighted by Crippen LogP contribution is -2.57. The zero-order valence-electron chi connectivity index (χ0n) is 12.6. The van der Waals surface area contributed by atoms with Gasteiger partial charge in [0.15, 0.2) is 5.82 Å². The second-order valence-corrected chi connectivity index (χ2v) is 6.30. The third-order valence-corrected chi connectivity index (χ3v) is 5.16. The number of carboxylic acid groups (broad SMARTS) is 1. The zero-order chi connectivity index (χ0) is 18.0. The van der Waals surface area contributed by atoms with Gasteiger partial charge in [0, 0.05) is 19.6 Å². The Labute approximate surface area is 150 Å². The second-order valence-electron chi connectivity index (χ2n) is 5.13. The third-order valence-electron chi connectivity index (χ3n) is 3.79. The van der Waals surface area contributed by atoms with Crippen LogP contribution in [0.15, 0.2) is 10.5 Å². The van der Waals surface area contributed by atoms with Crippen LogP contribution in [0.1, 0.15) is 10.4 Å². The van der Waals surface area contributed by atoms with Crippen LogP contribution in [0.2, 0.25) is 5.02 Å². The summed E-state index contributed by atoms with van der Waals surface area (Å²) in [4.78, 5) is 26.0. The molecule has 10 heteroatoms. The summed E-state index contributed by atoms with van der Waals surface area (Å²) >= 11 is 8.96. The molecule has 0 aliphatic carbocycles. The highest BCUT2D eigenvalue weighted by Crippen LogP contribution is 2.37. The van der Waals surface area contributed by atoms with Crippen LogP contribution < -0.4 is 4.74 Å². The SMILES string of the molecule is COc1cc(C(=O)N2CCN(C(=O)O)CC2CO)c(F)c(Cl)c1Br. The van der Waals surface area contributed by atoms with Gasteiger partial charge in [0.1, 0.15) is 5.75 Å². The first-order valence-corrected chi connectivity index (χ1v) is 8.10. The molecular weight excluding hydrogens is 411 g/mol. The summed E-state index contributed by atoms with van der Waals surface area (Å²) < 4.78 is 19.6. The predicted molar refractivity (Wildman–Crippen MR) is 87.2 cm³/mol. The number of carbonyl (C=O) groups excluding carboxylic acids is 1. The fourth-order valence-electron chi connectivity index (χ4n) is 2.49. The van der Waals surface area contributed by atoms with E-state index >= 15 is 0 Å². The van der Waals surface area contributed by atoms with Crippen molar-refractivity contribution in [3.63, 3.8) is 0 Å². The van der Waals surface area contributed by atoms with Crippen molar-refractivity contribution < 1.29 is 28.9 Å². The maximum atomic E-state index is 14.4. The van der Waals surface area contributed by atoms with Crippen LogP contribution in [0.4, 0.5) is 9.18 Å². The number of halogens is 3. The summed E-state index contributed by atoms with van der Waals surface area (Å²) in [6.07, 6.45) is -1.14. The molecule has 1 fully saturated rings. The Bertz CT molecular complexity index is 675. The highest BCUT2D eigenvalue weighted by Gasteiger charge is 2.34. The van der Waals surface area contributed by atoms with E-state index in [4.69, 9.17) is 21.4 Å². The maximum absolute atomic E-state index is 14.4. The van der Waals surface area contributed by atoms with Gasteiger partial charge in [-0.05, 0) is 22.0 Å². The number of hydrogen-bond acceptors (Lipinski definition) is 4. The zero-order valence-corrected chi connectivity index (χ0v) is 15.0. The second kappa shape index (κ2) is 7.54. The number of nitrogens with zero attached hydrogens (tertiary/aromatic N) is 2. The van der Waals surface area contributed by atoms with Crippen molar-refractivity contribution in [3.05, 3.63) is 26.9 Å². The quantitative estimate of drug-likeness (QED) is 0.724. The van der Waals surface area contributed by atoms with Gasteiger partial charge in [0.2, 0.25) is 0 Å². The van der Waals surface area contributed by atoms with Crippen molar-refractivity contribution in [1.82, 2.24) is 9.80 Å². The van der Waals surface area contributed by atoms with Crippen molar-refractivity contribution in [2.24, 2.45) is 0 Å². The molecule has 0 radical (unpaired) electrons. The first-order valence-electron chi connectivity index (χ1n) is 6.93. The van der Waals surface area contributed by atoms with Gasteiger partial charge in [-0.25, -0.2) is 9.18 Å². The van der Waals surface area contributed by atoms with E-state index < -0.39 is 30.5 Å². The fraction of sp³-hybridized carbons (Fsp3) is 0.429. The van der Waals surface area contributed by atoms with Crippen LogP contribution in [-0.2, 0) is 0 Å². The minimum absolute atomic E-state index is 0.0335. The smallest absolute Gasteiger partial charge is 0.407 e. The van der Waals surface area contributed by atoms with Crippen molar-refractivity contribution in [3.8, 4) is 5.75 Å². The number of rotatable bonds is 3. The molecule has 2 rings (SSSR count). The molecule has 2 N–H and O–H groups in total. The van der Waals surface area contributed by atoms with E-state index in [0.717, 1.165) is 4.90 Å². The summed E-state index contributed by atoms with van der Waals surface area (Å²) in [5.74, 6) is -1.41. The predicted octanol–water partition coefficient (Wildman–Crippen LogP) is 2.05. The summed E-state index contributed by atoms with van der Waals surface area (Å²) in [7, 11) is 1.35. The van der Waals surface area contributed by atoms with Crippen molar-refractivity contribution >= 4 is 39.5 Å². The molecule has 132 valence electrons. The minimum atomic E-state index is -1.14. The molecule has 24 heavy (non-hydrogen) atoms. The molecule has 7 nitrogen and oxygen atoms in total. The molecule has 1 unspecified atom stereocenters. The highest BCUT2D eigenvalue weighted by atomic mass is 79.9. The molecule has 1 heterocycles. The first-order chi connectivity index (χ1) is 11.3.